The van der Waals surface area contributed by atoms with Gasteiger partial charge in [-0.1, -0.05) is 233 Å². The SMILES string of the molecule is CCCCCCCCCCCCCCCCC(C(=O)OCCCCC)C(CCCCCCCCCCCCCCCC)C(=O)OCCCCC. The van der Waals surface area contributed by atoms with Gasteiger partial charge >= 0.3 is 11.9 Å². The molecule has 0 saturated heterocycles. The van der Waals surface area contributed by atoms with E-state index >= 15 is 0 Å². The number of rotatable bonds is 41. The van der Waals surface area contributed by atoms with Crippen LogP contribution in [0.25, 0.3) is 0 Å². The van der Waals surface area contributed by atoms with Crippen molar-refractivity contribution >= 4 is 11.9 Å². The summed E-state index contributed by atoms with van der Waals surface area (Å²) in [6.45, 7) is 9.85. The molecular formula is C46H90O4. The zero-order valence-electron chi connectivity index (χ0n) is 34.7. The Hall–Kier alpha value is -1.06. The summed E-state index contributed by atoms with van der Waals surface area (Å²) in [5, 5.41) is 0. The monoisotopic (exact) mass is 707 g/mol. The van der Waals surface area contributed by atoms with Crippen LogP contribution < -0.4 is 0 Å². The molecule has 4 heteroatoms. The summed E-state index contributed by atoms with van der Waals surface area (Å²) in [6.07, 6.45) is 44.5. The van der Waals surface area contributed by atoms with Crippen LogP contribution in [0.2, 0.25) is 0 Å². The van der Waals surface area contributed by atoms with Crippen molar-refractivity contribution in [2.75, 3.05) is 13.2 Å². The Morgan fingerprint density at radius 3 is 0.740 bits per heavy atom. The predicted molar refractivity (Wildman–Crippen MR) is 218 cm³/mol. The van der Waals surface area contributed by atoms with Crippen LogP contribution in [0.3, 0.4) is 0 Å². The summed E-state index contributed by atoms with van der Waals surface area (Å²) in [5.74, 6) is -1.04. The Bertz CT molecular complexity index is 634. The van der Waals surface area contributed by atoms with Gasteiger partial charge in [-0.25, -0.2) is 0 Å². The average Bonchev–Trinajstić information content (AvgIpc) is 3.12. The molecule has 0 saturated carbocycles. The van der Waals surface area contributed by atoms with E-state index in [1.807, 2.05) is 0 Å². The minimum atomic E-state index is -0.366. The van der Waals surface area contributed by atoms with Crippen LogP contribution in [0.1, 0.15) is 259 Å². The highest BCUT2D eigenvalue weighted by Gasteiger charge is 2.35. The highest BCUT2D eigenvalue weighted by atomic mass is 16.5. The van der Waals surface area contributed by atoms with Crippen LogP contribution >= 0.6 is 0 Å². The highest BCUT2D eigenvalue weighted by molar-refractivity contribution is 5.82. The fourth-order valence-electron chi connectivity index (χ4n) is 7.35. The van der Waals surface area contributed by atoms with Crippen molar-refractivity contribution in [2.45, 2.75) is 259 Å². The topological polar surface area (TPSA) is 52.6 Å². The van der Waals surface area contributed by atoms with E-state index in [1.165, 1.54) is 154 Å². The lowest BCUT2D eigenvalue weighted by molar-refractivity contribution is -0.161. The number of unbranched alkanes of at least 4 members (excludes halogenated alkanes) is 30. The maximum Gasteiger partial charge on any atom is 0.309 e. The fraction of sp³-hybridized carbons (Fsp3) is 0.957. The third kappa shape index (κ3) is 32.8. The molecule has 298 valence electrons. The molecule has 2 atom stereocenters. The minimum Gasteiger partial charge on any atom is -0.465 e. The van der Waals surface area contributed by atoms with Crippen molar-refractivity contribution in [1.82, 2.24) is 0 Å². The van der Waals surface area contributed by atoms with Gasteiger partial charge in [-0.3, -0.25) is 9.59 Å². The Balaban J connectivity index is 4.73. The first-order chi connectivity index (χ1) is 24.6. The zero-order chi connectivity index (χ0) is 36.6. The number of ether oxygens (including phenoxy) is 2. The molecule has 0 aromatic carbocycles. The standard InChI is InChI=1S/C46H90O4/c1-5-9-13-15-17-19-21-23-25-27-29-31-33-35-39-43(45(47)49-41-37-11-7-3)44(46(48)50-42-38-12-8-4)40-36-34-32-30-28-26-24-22-20-18-16-14-10-6-2/h43-44H,5-42H2,1-4H3. The predicted octanol–water partition coefficient (Wildman–Crippen LogP) is 15.4. The quantitative estimate of drug-likeness (QED) is 0.0469. The molecule has 0 rings (SSSR count). The molecule has 0 radical (unpaired) electrons. The Morgan fingerprint density at radius 1 is 0.300 bits per heavy atom. The second kappa shape index (κ2) is 40.7. The van der Waals surface area contributed by atoms with Gasteiger partial charge in [0, 0.05) is 0 Å². The summed E-state index contributed by atoms with van der Waals surface area (Å²) in [5.41, 5.74) is 0. The summed E-state index contributed by atoms with van der Waals surface area (Å²) >= 11 is 0. The lowest BCUT2D eigenvalue weighted by atomic mass is 9.83. The number of esters is 2. The molecule has 0 N–H and O–H groups in total. The van der Waals surface area contributed by atoms with Crippen molar-refractivity contribution < 1.29 is 19.1 Å². The molecule has 0 spiro atoms. The highest BCUT2D eigenvalue weighted by Crippen LogP contribution is 2.29. The number of hydrogen-bond donors (Lipinski definition) is 0. The minimum absolute atomic E-state index is 0.156. The largest absolute Gasteiger partial charge is 0.465 e. The molecule has 2 unspecified atom stereocenters. The van der Waals surface area contributed by atoms with Crippen molar-refractivity contribution in [1.29, 1.82) is 0 Å². The van der Waals surface area contributed by atoms with Gasteiger partial charge in [-0.05, 0) is 25.7 Å². The van der Waals surface area contributed by atoms with Crippen molar-refractivity contribution in [3.63, 3.8) is 0 Å². The second-order valence-corrected chi connectivity index (χ2v) is 15.7. The number of carbonyl (C=O) groups is 2. The van der Waals surface area contributed by atoms with Crippen LogP contribution in [0.4, 0.5) is 0 Å². The van der Waals surface area contributed by atoms with Crippen molar-refractivity contribution in [2.24, 2.45) is 11.8 Å². The van der Waals surface area contributed by atoms with Gasteiger partial charge in [0.2, 0.25) is 0 Å². The third-order valence-corrected chi connectivity index (χ3v) is 10.8. The van der Waals surface area contributed by atoms with E-state index in [1.54, 1.807) is 0 Å². The molecule has 0 aliphatic heterocycles. The van der Waals surface area contributed by atoms with Gasteiger partial charge in [-0.2, -0.15) is 0 Å². The molecule has 0 amide bonds. The summed E-state index contributed by atoms with van der Waals surface area (Å²) in [4.78, 5) is 27.0. The first-order valence-electron chi connectivity index (χ1n) is 22.9. The number of hydrogen-bond acceptors (Lipinski definition) is 4. The van der Waals surface area contributed by atoms with E-state index in [9.17, 15) is 9.59 Å². The number of carbonyl (C=O) groups excluding carboxylic acids is 2. The molecule has 50 heavy (non-hydrogen) atoms. The lowest BCUT2D eigenvalue weighted by Crippen LogP contribution is -2.33. The van der Waals surface area contributed by atoms with Gasteiger partial charge in [0.05, 0.1) is 25.0 Å². The summed E-state index contributed by atoms with van der Waals surface area (Å²) in [6, 6.07) is 0. The maximum atomic E-state index is 13.5. The Morgan fingerprint density at radius 2 is 0.500 bits per heavy atom. The molecule has 0 heterocycles. The van der Waals surface area contributed by atoms with Gasteiger partial charge in [0.1, 0.15) is 0 Å². The van der Waals surface area contributed by atoms with Crippen LogP contribution in [-0.2, 0) is 19.1 Å². The van der Waals surface area contributed by atoms with Crippen molar-refractivity contribution in [3.05, 3.63) is 0 Å². The van der Waals surface area contributed by atoms with Gasteiger partial charge < -0.3 is 9.47 Å². The maximum absolute atomic E-state index is 13.5. The molecular weight excluding hydrogens is 617 g/mol. The molecule has 0 aliphatic carbocycles. The van der Waals surface area contributed by atoms with Crippen LogP contribution in [0.15, 0.2) is 0 Å². The van der Waals surface area contributed by atoms with E-state index in [0.29, 0.717) is 13.2 Å². The summed E-state index contributed by atoms with van der Waals surface area (Å²) < 4.78 is 11.7. The van der Waals surface area contributed by atoms with Crippen LogP contribution in [0.5, 0.6) is 0 Å². The van der Waals surface area contributed by atoms with E-state index < -0.39 is 0 Å². The molecule has 0 aromatic heterocycles. The average molecular weight is 707 g/mol. The van der Waals surface area contributed by atoms with Crippen molar-refractivity contribution in [3.8, 4) is 0 Å². The molecule has 4 nitrogen and oxygen atoms in total. The molecule has 0 aliphatic rings. The first kappa shape index (κ1) is 48.9. The Kier molecular flexibility index (Phi) is 39.8. The first-order valence-corrected chi connectivity index (χ1v) is 22.9. The fourth-order valence-corrected chi connectivity index (χ4v) is 7.35. The second-order valence-electron chi connectivity index (χ2n) is 15.7. The third-order valence-electron chi connectivity index (χ3n) is 10.8. The molecule has 0 aromatic rings. The van der Waals surface area contributed by atoms with E-state index in [-0.39, 0.29) is 23.8 Å². The van der Waals surface area contributed by atoms with Crippen LogP contribution in [0, 0.1) is 11.8 Å². The van der Waals surface area contributed by atoms with E-state index in [0.717, 1.165) is 77.0 Å². The molecule has 0 fully saturated rings. The Labute approximate surface area is 314 Å². The normalized spacial score (nSPS) is 12.6. The van der Waals surface area contributed by atoms with Gasteiger partial charge in [-0.15, -0.1) is 0 Å². The van der Waals surface area contributed by atoms with Gasteiger partial charge in [0.15, 0.2) is 0 Å². The molecule has 0 bridgehead atoms. The van der Waals surface area contributed by atoms with E-state index in [4.69, 9.17) is 9.47 Å². The van der Waals surface area contributed by atoms with Crippen LogP contribution in [-0.4, -0.2) is 25.2 Å². The lowest BCUT2D eigenvalue weighted by Gasteiger charge is -2.25. The smallest absolute Gasteiger partial charge is 0.309 e. The summed E-state index contributed by atoms with van der Waals surface area (Å²) in [7, 11) is 0. The van der Waals surface area contributed by atoms with E-state index in [2.05, 4.69) is 27.7 Å². The van der Waals surface area contributed by atoms with Gasteiger partial charge in [0.25, 0.3) is 0 Å². The zero-order valence-corrected chi connectivity index (χ0v) is 34.7.